The lowest BCUT2D eigenvalue weighted by Crippen LogP contribution is -2.13. The molecule has 2 aromatic carbocycles. The van der Waals surface area contributed by atoms with Crippen LogP contribution in [0.3, 0.4) is 0 Å². The van der Waals surface area contributed by atoms with E-state index in [4.69, 9.17) is 14.2 Å². The standard InChI is InChI=1S/C19H18O6/c1-23-11-12-24-18(21)9-10-19(22)25-13-17(20)16-8-4-6-14-5-2-3-7-15(14)16/h2-10H,11-13H2,1H3/b10-9+. The zero-order chi connectivity index (χ0) is 18.1. The molecule has 0 fully saturated rings. The van der Waals surface area contributed by atoms with Crippen molar-refractivity contribution in [3.8, 4) is 0 Å². The van der Waals surface area contributed by atoms with E-state index in [0.717, 1.165) is 22.9 Å². The Kier molecular flexibility index (Phi) is 6.86. The number of benzene rings is 2. The van der Waals surface area contributed by atoms with Crippen molar-refractivity contribution in [1.82, 2.24) is 0 Å². The molecule has 6 heteroatoms. The van der Waals surface area contributed by atoms with Gasteiger partial charge in [0.15, 0.2) is 6.61 Å². The molecule has 2 rings (SSSR count). The van der Waals surface area contributed by atoms with Crippen molar-refractivity contribution in [1.29, 1.82) is 0 Å². The second kappa shape index (κ2) is 9.34. The van der Waals surface area contributed by atoms with Gasteiger partial charge in [-0.15, -0.1) is 0 Å². The quantitative estimate of drug-likeness (QED) is 0.317. The molecule has 2 aromatic rings. The van der Waals surface area contributed by atoms with Gasteiger partial charge in [-0.25, -0.2) is 9.59 Å². The molecule has 0 radical (unpaired) electrons. The van der Waals surface area contributed by atoms with Crippen LogP contribution in [0.15, 0.2) is 54.6 Å². The molecular weight excluding hydrogens is 324 g/mol. The van der Waals surface area contributed by atoms with Crippen LogP contribution in [-0.4, -0.2) is 44.7 Å². The first-order valence-electron chi connectivity index (χ1n) is 7.63. The Labute approximate surface area is 145 Å². The summed E-state index contributed by atoms with van der Waals surface area (Å²) in [5.74, 6) is -1.80. The van der Waals surface area contributed by atoms with E-state index in [1.807, 2.05) is 30.3 Å². The fourth-order valence-electron chi connectivity index (χ4n) is 2.14. The topological polar surface area (TPSA) is 78.9 Å². The first kappa shape index (κ1) is 18.4. The van der Waals surface area contributed by atoms with Crippen LogP contribution >= 0.6 is 0 Å². The summed E-state index contributed by atoms with van der Waals surface area (Å²) in [5, 5.41) is 1.72. The van der Waals surface area contributed by atoms with Gasteiger partial charge in [-0.1, -0.05) is 42.5 Å². The highest BCUT2D eigenvalue weighted by Crippen LogP contribution is 2.18. The fraction of sp³-hybridized carbons (Fsp3) is 0.211. The minimum absolute atomic E-state index is 0.0916. The maximum absolute atomic E-state index is 12.3. The smallest absolute Gasteiger partial charge is 0.331 e. The van der Waals surface area contributed by atoms with Gasteiger partial charge in [-0.05, 0) is 10.8 Å². The summed E-state index contributed by atoms with van der Waals surface area (Å²) in [4.78, 5) is 35.1. The highest BCUT2D eigenvalue weighted by molar-refractivity contribution is 6.09. The van der Waals surface area contributed by atoms with Gasteiger partial charge in [0.2, 0.25) is 5.78 Å². The molecule has 0 unspecified atom stereocenters. The first-order valence-corrected chi connectivity index (χ1v) is 7.63. The van der Waals surface area contributed by atoms with Gasteiger partial charge < -0.3 is 14.2 Å². The van der Waals surface area contributed by atoms with Crippen LogP contribution in [0.1, 0.15) is 10.4 Å². The number of methoxy groups -OCH3 is 1. The van der Waals surface area contributed by atoms with Crippen LogP contribution in [0.2, 0.25) is 0 Å². The van der Waals surface area contributed by atoms with Gasteiger partial charge in [0.25, 0.3) is 0 Å². The van der Waals surface area contributed by atoms with E-state index in [0.29, 0.717) is 5.56 Å². The summed E-state index contributed by atoms with van der Waals surface area (Å²) in [6.45, 7) is -0.0479. The molecule has 0 saturated carbocycles. The summed E-state index contributed by atoms with van der Waals surface area (Å²) in [6.07, 6.45) is 1.87. The molecule has 0 aliphatic heterocycles. The maximum Gasteiger partial charge on any atom is 0.331 e. The summed E-state index contributed by atoms with van der Waals surface area (Å²) in [5.41, 5.74) is 0.480. The molecule has 6 nitrogen and oxygen atoms in total. The van der Waals surface area contributed by atoms with E-state index in [9.17, 15) is 14.4 Å². The predicted octanol–water partition coefficient (Wildman–Crippen LogP) is 2.31. The molecule has 0 atom stereocenters. The third kappa shape index (κ3) is 5.54. The largest absolute Gasteiger partial charge is 0.460 e. The summed E-state index contributed by atoms with van der Waals surface area (Å²) >= 11 is 0. The van der Waals surface area contributed by atoms with Gasteiger partial charge >= 0.3 is 11.9 Å². The summed E-state index contributed by atoms with van der Waals surface area (Å²) in [7, 11) is 1.48. The van der Waals surface area contributed by atoms with E-state index < -0.39 is 18.5 Å². The van der Waals surface area contributed by atoms with Crippen LogP contribution in [0, 0.1) is 0 Å². The Morgan fingerprint density at radius 3 is 2.32 bits per heavy atom. The number of carbonyl (C=O) groups is 3. The van der Waals surface area contributed by atoms with Gasteiger partial charge in [-0.2, -0.15) is 0 Å². The number of hydrogen-bond acceptors (Lipinski definition) is 6. The molecule has 0 aliphatic rings. The van der Waals surface area contributed by atoms with Crippen LogP contribution in [0.25, 0.3) is 10.8 Å². The molecule has 0 aliphatic carbocycles. The average Bonchev–Trinajstić information content (AvgIpc) is 2.64. The van der Waals surface area contributed by atoms with Crippen molar-refractivity contribution in [2.24, 2.45) is 0 Å². The third-order valence-electron chi connectivity index (χ3n) is 3.32. The molecule has 0 bridgehead atoms. The Hall–Kier alpha value is -2.99. The molecule has 0 spiro atoms. The second-order valence-electron chi connectivity index (χ2n) is 5.05. The maximum atomic E-state index is 12.3. The molecule has 0 heterocycles. The molecule has 0 aromatic heterocycles. The van der Waals surface area contributed by atoms with Crippen molar-refractivity contribution in [3.05, 3.63) is 60.2 Å². The third-order valence-corrected chi connectivity index (χ3v) is 3.32. The van der Waals surface area contributed by atoms with Crippen molar-refractivity contribution in [3.63, 3.8) is 0 Å². The normalized spacial score (nSPS) is 10.8. The van der Waals surface area contributed by atoms with E-state index >= 15 is 0 Å². The van der Waals surface area contributed by atoms with E-state index in [1.54, 1.807) is 12.1 Å². The minimum atomic E-state index is -0.794. The molecule has 0 N–H and O–H groups in total. The molecule has 25 heavy (non-hydrogen) atoms. The fourth-order valence-corrected chi connectivity index (χ4v) is 2.14. The van der Waals surface area contributed by atoms with E-state index in [1.165, 1.54) is 7.11 Å². The number of ether oxygens (including phenoxy) is 3. The Morgan fingerprint density at radius 2 is 1.56 bits per heavy atom. The molecular formula is C19H18O6. The average molecular weight is 342 g/mol. The predicted molar refractivity (Wildman–Crippen MR) is 91.2 cm³/mol. The van der Waals surface area contributed by atoms with Gasteiger partial charge in [0.1, 0.15) is 6.61 Å². The molecule has 130 valence electrons. The van der Waals surface area contributed by atoms with Gasteiger partial charge in [0.05, 0.1) is 6.61 Å². The van der Waals surface area contributed by atoms with E-state index in [-0.39, 0.29) is 19.0 Å². The highest BCUT2D eigenvalue weighted by atomic mass is 16.6. The number of hydrogen-bond donors (Lipinski definition) is 0. The van der Waals surface area contributed by atoms with Crippen LogP contribution in [0.4, 0.5) is 0 Å². The Bertz CT molecular complexity index is 788. The van der Waals surface area contributed by atoms with Crippen molar-refractivity contribution >= 4 is 28.5 Å². The minimum Gasteiger partial charge on any atom is -0.460 e. The zero-order valence-electron chi connectivity index (χ0n) is 13.8. The number of ketones is 1. The summed E-state index contributed by atoms with van der Waals surface area (Å²) in [6, 6.07) is 12.8. The first-order chi connectivity index (χ1) is 12.1. The number of esters is 2. The van der Waals surface area contributed by atoms with E-state index in [2.05, 4.69) is 0 Å². The second-order valence-corrected chi connectivity index (χ2v) is 5.05. The van der Waals surface area contributed by atoms with Crippen LogP contribution in [-0.2, 0) is 23.8 Å². The lowest BCUT2D eigenvalue weighted by Gasteiger charge is -2.06. The van der Waals surface area contributed by atoms with Gasteiger partial charge in [0, 0.05) is 24.8 Å². The monoisotopic (exact) mass is 342 g/mol. The van der Waals surface area contributed by atoms with Crippen molar-refractivity contribution in [2.45, 2.75) is 0 Å². The Morgan fingerprint density at radius 1 is 0.880 bits per heavy atom. The lowest BCUT2D eigenvalue weighted by atomic mass is 10.0. The van der Waals surface area contributed by atoms with Crippen molar-refractivity contribution < 1.29 is 28.6 Å². The highest BCUT2D eigenvalue weighted by Gasteiger charge is 2.11. The van der Waals surface area contributed by atoms with Crippen molar-refractivity contribution in [2.75, 3.05) is 26.9 Å². The number of rotatable bonds is 8. The summed E-state index contributed by atoms with van der Waals surface area (Å²) < 4.78 is 14.4. The molecule has 0 saturated heterocycles. The van der Waals surface area contributed by atoms with Crippen LogP contribution < -0.4 is 0 Å². The number of carbonyl (C=O) groups excluding carboxylic acids is 3. The van der Waals surface area contributed by atoms with Crippen LogP contribution in [0.5, 0.6) is 0 Å². The Balaban J connectivity index is 1.89. The zero-order valence-corrected chi connectivity index (χ0v) is 13.8. The lowest BCUT2D eigenvalue weighted by molar-refractivity contribution is -0.140. The number of Topliss-reactive ketones (excluding diaryl/α,β-unsaturated/α-hetero) is 1. The van der Waals surface area contributed by atoms with Gasteiger partial charge in [-0.3, -0.25) is 4.79 Å². The number of fused-ring (bicyclic) bond motifs is 1. The molecule has 0 amide bonds. The SMILES string of the molecule is COCCOC(=O)/C=C/C(=O)OCC(=O)c1cccc2ccccc12.